The van der Waals surface area contributed by atoms with Crippen molar-refractivity contribution < 1.29 is 9.59 Å². The Morgan fingerprint density at radius 2 is 1.88 bits per heavy atom. The van der Waals surface area contributed by atoms with Crippen molar-refractivity contribution >= 4 is 11.8 Å². The molecule has 1 aromatic heterocycles. The Labute approximate surface area is 188 Å². The number of carbonyl (C=O) groups is 2. The SMILES string of the molecule is CCn1ccnc1CNC(=O)CC1C(=O)NCCN1Cc1ccc(-c2ccccc2)cc1. The first-order valence-electron chi connectivity index (χ1n) is 11.1. The van der Waals surface area contributed by atoms with Crippen molar-refractivity contribution in [3.63, 3.8) is 0 Å². The molecule has 7 nitrogen and oxygen atoms in total. The summed E-state index contributed by atoms with van der Waals surface area (Å²) in [7, 11) is 0. The number of amides is 2. The fraction of sp³-hybridized carbons (Fsp3) is 0.320. The van der Waals surface area contributed by atoms with E-state index in [4.69, 9.17) is 0 Å². The monoisotopic (exact) mass is 431 g/mol. The lowest BCUT2D eigenvalue weighted by Gasteiger charge is -2.34. The number of aromatic nitrogens is 2. The van der Waals surface area contributed by atoms with Gasteiger partial charge >= 0.3 is 0 Å². The number of aryl methyl sites for hydroxylation is 1. The summed E-state index contributed by atoms with van der Waals surface area (Å²) in [5.74, 6) is 0.564. The highest BCUT2D eigenvalue weighted by molar-refractivity contribution is 5.88. The lowest BCUT2D eigenvalue weighted by atomic mass is 10.0. The van der Waals surface area contributed by atoms with Crippen LogP contribution in [0.4, 0.5) is 0 Å². The maximum atomic E-state index is 12.6. The van der Waals surface area contributed by atoms with Gasteiger partial charge in [0, 0.05) is 38.6 Å². The summed E-state index contributed by atoms with van der Waals surface area (Å²) >= 11 is 0. The smallest absolute Gasteiger partial charge is 0.237 e. The Hall–Kier alpha value is -3.45. The Balaban J connectivity index is 1.38. The second kappa shape index (κ2) is 10.2. The minimum atomic E-state index is -0.483. The van der Waals surface area contributed by atoms with E-state index in [1.54, 1.807) is 6.20 Å². The van der Waals surface area contributed by atoms with E-state index in [-0.39, 0.29) is 18.2 Å². The molecule has 0 saturated carbocycles. The van der Waals surface area contributed by atoms with Gasteiger partial charge in [0.1, 0.15) is 5.82 Å². The van der Waals surface area contributed by atoms with E-state index in [1.165, 1.54) is 5.56 Å². The molecular weight excluding hydrogens is 402 g/mol. The largest absolute Gasteiger partial charge is 0.353 e. The standard InChI is InChI=1S/C25H29N5O2/c1-2-29-14-12-26-23(29)17-28-24(31)16-22-25(32)27-13-15-30(22)18-19-8-10-21(11-9-19)20-6-4-3-5-7-20/h3-12,14,22H,2,13,15-18H2,1H3,(H,27,32)(H,28,31). The third-order valence-electron chi connectivity index (χ3n) is 5.85. The zero-order valence-corrected chi connectivity index (χ0v) is 18.3. The molecule has 1 aliphatic rings. The predicted octanol–water partition coefficient (Wildman–Crippen LogP) is 2.58. The molecule has 0 bridgehead atoms. The summed E-state index contributed by atoms with van der Waals surface area (Å²) < 4.78 is 1.99. The first-order valence-corrected chi connectivity index (χ1v) is 11.1. The van der Waals surface area contributed by atoms with Gasteiger partial charge in [-0.3, -0.25) is 14.5 Å². The van der Waals surface area contributed by atoms with Crippen LogP contribution in [0.1, 0.15) is 24.7 Å². The Morgan fingerprint density at radius 3 is 2.62 bits per heavy atom. The van der Waals surface area contributed by atoms with Gasteiger partial charge in [0.05, 0.1) is 19.0 Å². The normalized spacial score (nSPS) is 16.5. The fourth-order valence-corrected chi connectivity index (χ4v) is 4.06. The van der Waals surface area contributed by atoms with Crippen LogP contribution in [-0.2, 0) is 29.2 Å². The molecule has 1 saturated heterocycles. The first kappa shape index (κ1) is 21.8. The topological polar surface area (TPSA) is 79.3 Å². The highest BCUT2D eigenvalue weighted by Gasteiger charge is 2.31. The Kier molecular flexibility index (Phi) is 6.97. The average molecular weight is 432 g/mol. The summed E-state index contributed by atoms with van der Waals surface area (Å²) in [4.78, 5) is 31.5. The molecule has 3 aromatic rings. The Bertz CT molecular complexity index is 1050. The molecular formula is C25H29N5O2. The van der Waals surface area contributed by atoms with Crippen LogP contribution in [0.25, 0.3) is 11.1 Å². The second-order valence-corrected chi connectivity index (χ2v) is 7.95. The summed E-state index contributed by atoms with van der Waals surface area (Å²) in [5, 5.41) is 5.80. The van der Waals surface area contributed by atoms with Gasteiger partial charge in [-0.05, 0) is 23.6 Å². The van der Waals surface area contributed by atoms with E-state index in [0.717, 1.165) is 23.5 Å². The third kappa shape index (κ3) is 5.23. The molecule has 166 valence electrons. The predicted molar refractivity (Wildman–Crippen MR) is 123 cm³/mol. The third-order valence-corrected chi connectivity index (χ3v) is 5.85. The minimum Gasteiger partial charge on any atom is -0.353 e. The lowest BCUT2D eigenvalue weighted by Crippen LogP contribution is -2.56. The van der Waals surface area contributed by atoms with E-state index < -0.39 is 6.04 Å². The van der Waals surface area contributed by atoms with Gasteiger partial charge in [0.15, 0.2) is 0 Å². The molecule has 0 spiro atoms. The van der Waals surface area contributed by atoms with Crippen LogP contribution in [0.2, 0.25) is 0 Å². The highest BCUT2D eigenvalue weighted by atomic mass is 16.2. The van der Waals surface area contributed by atoms with Gasteiger partial charge in [-0.1, -0.05) is 54.6 Å². The van der Waals surface area contributed by atoms with Crippen molar-refractivity contribution in [3.05, 3.63) is 78.4 Å². The molecule has 0 aliphatic carbocycles. The molecule has 7 heteroatoms. The van der Waals surface area contributed by atoms with Crippen molar-refractivity contribution in [2.24, 2.45) is 0 Å². The number of piperazine rings is 1. The fourth-order valence-electron chi connectivity index (χ4n) is 4.06. The summed E-state index contributed by atoms with van der Waals surface area (Å²) in [6.07, 6.45) is 3.74. The number of hydrogen-bond acceptors (Lipinski definition) is 4. The van der Waals surface area contributed by atoms with Crippen LogP contribution in [0.3, 0.4) is 0 Å². The van der Waals surface area contributed by atoms with Crippen molar-refractivity contribution in [3.8, 4) is 11.1 Å². The molecule has 1 atom stereocenters. The van der Waals surface area contributed by atoms with Crippen LogP contribution in [0.5, 0.6) is 0 Å². The maximum absolute atomic E-state index is 12.6. The van der Waals surface area contributed by atoms with E-state index in [9.17, 15) is 9.59 Å². The quantitative estimate of drug-likeness (QED) is 0.575. The summed E-state index contributed by atoms with van der Waals surface area (Å²) in [6, 6.07) is 18.2. The van der Waals surface area contributed by atoms with Gasteiger partial charge in [0.25, 0.3) is 0 Å². The molecule has 2 N–H and O–H groups in total. The molecule has 1 aliphatic heterocycles. The number of rotatable bonds is 8. The molecule has 4 rings (SSSR count). The van der Waals surface area contributed by atoms with E-state index in [1.807, 2.05) is 35.9 Å². The number of nitrogens with one attached hydrogen (secondary N) is 2. The van der Waals surface area contributed by atoms with Gasteiger partial charge in [-0.15, -0.1) is 0 Å². The molecule has 1 fully saturated rings. The average Bonchev–Trinajstić information content (AvgIpc) is 3.29. The zero-order chi connectivity index (χ0) is 22.3. The Morgan fingerprint density at radius 1 is 1.12 bits per heavy atom. The number of nitrogens with zero attached hydrogens (tertiary/aromatic N) is 3. The number of imidazole rings is 1. The van der Waals surface area contributed by atoms with Gasteiger partial charge < -0.3 is 15.2 Å². The van der Waals surface area contributed by atoms with Gasteiger partial charge in [-0.2, -0.15) is 0 Å². The highest BCUT2D eigenvalue weighted by Crippen LogP contribution is 2.21. The van der Waals surface area contributed by atoms with Crippen LogP contribution in [-0.4, -0.2) is 45.4 Å². The van der Waals surface area contributed by atoms with E-state index in [0.29, 0.717) is 26.2 Å². The minimum absolute atomic E-state index is 0.0950. The van der Waals surface area contributed by atoms with E-state index in [2.05, 4.69) is 56.9 Å². The molecule has 2 heterocycles. The molecule has 0 radical (unpaired) electrons. The van der Waals surface area contributed by atoms with Gasteiger partial charge in [-0.25, -0.2) is 4.98 Å². The maximum Gasteiger partial charge on any atom is 0.237 e. The first-order chi connectivity index (χ1) is 15.6. The molecule has 32 heavy (non-hydrogen) atoms. The van der Waals surface area contributed by atoms with Crippen LogP contribution in [0.15, 0.2) is 67.0 Å². The number of benzene rings is 2. The lowest BCUT2D eigenvalue weighted by molar-refractivity contribution is -0.134. The van der Waals surface area contributed by atoms with Crippen molar-refractivity contribution in [1.82, 2.24) is 25.1 Å². The molecule has 2 amide bonds. The number of hydrogen-bond donors (Lipinski definition) is 2. The van der Waals surface area contributed by atoms with E-state index >= 15 is 0 Å². The zero-order valence-electron chi connectivity index (χ0n) is 18.3. The molecule has 2 aromatic carbocycles. The van der Waals surface area contributed by atoms with Crippen molar-refractivity contribution in [2.45, 2.75) is 39.0 Å². The molecule has 1 unspecified atom stereocenters. The van der Waals surface area contributed by atoms with Crippen LogP contribution >= 0.6 is 0 Å². The second-order valence-electron chi connectivity index (χ2n) is 7.95. The number of carbonyl (C=O) groups excluding carboxylic acids is 2. The van der Waals surface area contributed by atoms with Crippen LogP contribution < -0.4 is 10.6 Å². The van der Waals surface area contributed by atoms with Crippen LogP contribution in [0, 0.1) is 0 Å². The summed E-state index contributed by atoms with van der Waals surface area (Å²) in [6.45, 7) is 5.11. The van der Waals surface area contributed by atoms with Crippen molar-refractivity contribution in [2.75, 3.05) is 13.1 Å². The summed E-state index contributed by atoms with van der Waals surface area (Å²) in [5.41, 5.74) is 3.46. The van der Waals surface area contributed by atoms with Crippen molar-refractivity contribution in [1.29, 1.82) is 0 Å². The van der Waals surface area contributed by atoms with Gasteiger partial charge in [0.2, 0.25) is 11.8 Å².